The number of carbonyl (C=O) groups excluding carboxylic acids is 1. The molecule has 0 bridgehead atoms. The molecule has 1 aliphatic rings. The molecule has 21 heavy (non-hydrogen) atoms. The van der Waals surface area contributed by atoms with Crippen molar-refractivity contribution in [2.45, 2.75) is 19.4 Å². The van der Waals surface area contributed by atoms with Crippen LogP contribution in [0.4, 0.5) is 10.6 Å². The quantitative estimate of drug-likeness (QED) is 0.890. The van der Waals surface area contributed by atoms with Gasteiger partial charge in [0, 0.05) is 18.2 Å². The smallest absolute Gasteiger partial charge is 0.320 e. The lowest BCUT2D eigenvalue weighted by molar-refractivity contribution is 0.232. The number of fused-ring (bicyclic) bond motifs is 1. The molecule has 3 rings (SSSR count). The predicted molar refractivity (Wildman–Crippen MR) is 80.4 cm³/mol. The number of urea groups is 1. The molecule has 108 valence electrons. The van der Waals surface area contributed by atoms with Crippen LogP contribution in [0.25, 0.3) is 0 Å². The first kappa shape index (κ1) is 13.4. The molecule has 5 heteroatoms. The van der Waals surface area contributed by atoms with Gasteiger partial charge in [-0.25, -0.2) is 9.78 Å². The van der Waals surface area contributed by atoms with E-state index in [1.54, 1.807) is 6.20 Å². The minimum Gasteiger partial charge on any atom is -0.493 e. The Bertz CT molecular complexity index is 657. The van der Waals surface area contributed by atoms with Crippen LogP contribution in [0.5, 0.6) is 5.75 Å². The van der Waals surface area contributed by atoms with Crippen LogP contribution in [0.2, 0.25) is 0 Å². The molecule has 1 atom stereocenters. The van der Waals surface area contributed by atoms with Gasteiger partial charge >= 0.3 is 6.03 Å². The second-order valence-corrected chi connectivity index (χ2v) is 4.99. The van der Waals surface area contributed by atoms with E-state index in [4.69, 9.17) is 4.74 Å². The molecular formula is C16H17N3O2. The lowest BCUT2D eigenvalue weighted by Gasteiger charge is -2.26. The van der Waals surface area contributed by atoms with E-state index in [9.17, 15) is 4.79 Å². The molecular weight excluding hydrogens is 266 g/mol. The van der Waals surface area contributed by atoms with Crippen molar-refractivity contribution >= 4 is 11.8 Å². The highest BCUT2D eigenvalue weighted by Gasteiger charge is 2.22. The van der Waals surface area contributed by atoms with Gasteiger partial charge in [-0.3, -0.25) is 5.32 Å². The summed E-state index contributed by atoms with van der Waals surface area (Å²) in [4.78, 5) is 16.3. The van der Waals surface area contributed by atoms with Gasteiger partial charge in [-0.15, -0.1) is 0 Å². The van der Waals surface area contributed by atoms with Gasteiger partial charge < -0.3 is 10.1 Å². The van der Waals surface area contributed by atoms with Crippen LogP contribution in [-0.4, -0.2) is 17.6 Å². The van der Waals surface area contributed by atoms with Crippen molar-refractivity contribution < 1.29 is 9.53 Å². The van der Waals surface area contributed by atoms with E-state index < -0.39 is 0 Å². The van der Waals surface area contributed by atoms with E-state index in [-0.39, 0.29) is 12.1 Å². The number of carbonyl (C=O) groups is 1. The molecule has 2 aromatic rings. The van der Waals surface area contributed by atoms with Crippen LogP contribution >= 0.6 is 0 Å². The number of rotatable bonds is 2. The van der Waals surface area contributed by atoms with E-state index in [0.717, 1.165) is 23.3 Å². The zero-order valence-corrected chi connectivity index (χ0v) is 11.8. The number of pyridine rings is 1. The molecule has 1 aliphatic heterocycles. The number of amides is 2. The minimum absolute atomic E-state index is 0.0426. The number of hydrogen-bond acceptors (Lipinski definition) is 3. The SMILES string of the molecule is Cc1cccnc1NC(=O)N[C@H]1CCOc2ccccc21. The molecule has 5 nitrogen and oxygen atoms in total. The monoisotopic (exact) mass is 283 g/mol. The second kappa shape index (κ2) is 5.83. The number of anilines is 1. The number of para-hydroxylation sites is 1. The number of aromatic nitrogens is 1. The van der Waals surface area contributed by atoms with Crippen LogP contribution in [0.3, 0.4) is 0 Å². The minimum atomic E-state index is -0.251. The zero-order chi connectivity index (χ0) is 14.7. The van der Waals surface area contributed by atoms with Gasteiger partial charge in [-0.1, -0.05) is 24.3 Å². The normalized spacial score (nSPS) is 16.5. The Morgan fingerprint density at radius 3 is 3.00 bits per heavy atom. The second-order valence-electron chi connectivity index (χ2n) is 4.99. The standard InChI is InChI=1S/C16H17N3O2/c1-11-5-4-9-17-15(11)19-16(20)18-13-8-10-21-14-7-3-2-6-12(13)14/h2-7,9,13H,8,10H2,1H3,(H2,17,18,19,20)/t13-/m0/s1. The molecule has 2 amide bonds. The number of nitrogens with one attached hydrogen (secondary N) is 2. The zero-order valence-electron chi connectivity index (χ0n) is 11.8. The highest BCUT2D eigenvalue weighted by Crippen LogP contribution is 2.31. The van der Waals surface area contributed by atoms with Gasteiger partial charge in [0.1, 0.15) is 11.6 Å². The molecule has 1 aromatic heterocycles. The molecule has 1 aromatic carbocycles. The maximum Gasteiger partial charge on any atom is 0.320 e. The summed E-state index contributed by atoms with van der Waals surface area (Å²) >= 11 is 0. The summed E-state index contributed by atoms with van der Waals surface area (Å²) in [5, 5.41) is 5.77. The van der Waals surface area contributed by atoms with E-state index >= 15 is 0 Å². The number of ether oxygens (including phenoxy) is 1. The summed E-state index contributed by atoms with van der Waals surface area (Å²) in [6.45, 7) is 2.51. The molecule has 2 N–H and O–H groups in total. The highest BCUT2D eigenvalue weighted by molar-refractivity contribution is 5.89. The molecule has 0 aliphatic carbocycles. The summed E-state index contributed by atoms with van der Waals surface area (Å²) in [6.07, 6.45) is 2.41. The maximum atomic E-state index is 12.1. The van der Waals surface area contributed by atoms with Crippen molar-refractivity contribution in [3.05, 3.63) is 53.7 Å². The lowest BCUT2D eigenvalue weighted by atomic mass is 10.0. The van der Waals surface area contributed by atoms with Gasteiger partial charge in [-0.2, -0.15) is 0 Å². The summed E-state index contributed by atoms with van der Waals surface area (Å²) < 4.78 is 5.59. The molecule has 0 spiro atoms. The molecule has 0 fully saturated rings. The van der Waals surface area contributed by atoms with Crippen LogP contribution in [0.15, 0.2) is 42.6 Å². The lowest BCUT2D eigenvalue weighted by Crippen LogP contribution is -2.35. The van der Waals surface area contributed by atoms with E-state index in [1.165, 1.54) is 0 Å². The Kier molecular flexibility index (Phi) is 3.73. The van der Waals surface area contributed by atoms with E-state index in [1.807, 2.05) is 43.3 Å². The fourth-order valence-electron chi connectivity index (χ4n) is 2.41. The van der Waals surface area contributed by atoms with Crippen LogP contribution in [0.1, 0.15) is 23.6 Å². The predicted octanol–water partition coefficient (Wildman–Crippen LogP) is 3.04. The third kappa shape index (κ3) is 2.97. The number of hydrogen-bond donors (Lipinski definition) is 2. The van der Waals surface area contributed by atoms with Gasteiger partial charge in [0.05, 0.1) is 12.6 Å². The topological polar surface area (TPSA) is 63.2 Å². The van der Waals surface area contributed by atoms with Crippen molar-refractivity contribution in [1.82, 2.24) is 10.3 Å². The molecule has 2 heterocycles. The Morgan fingerprint density at radius 2 is 2.14 bits per heavy atom. The maximum absolute atomic E-state index is 12.1. The van der Waals surface area contributed by atoms with Crippen molar-refractivity contribution in [2.24, 2.45) is 0 Å². The third-order valence-corrected chi connectivity index (χ3v) is 3.51. The van der Waals surface area contributed by atoms with Crippen molar-refractivity contribution in [3.63, 3.8) is 0 Å². The third-order valence-electron chi connectivity index (χ3n) is 3.51. The van der Waals surface area contributed by atoms with Gasteiger partial charge in [0.15, 0.2) is 0 Å². The number of benzene rings is 1. The Labute approximate surface area is 123 Å². The molecule has 0 saturated heterocycles. The van der Waals surface area contributed by atoms with Crippen LogP contribution < -0.4 is 15.4 Å². The van der Waals surface area contributed by atoms with Gasteiger partial charge in [0.2, 0.25) is 0 Å². The summed E-state index contributed by atoms with van der Waals surface area (Å²) in [6, 6.07) is 11.2. The average molecular weight is 283 g/mol. The summed E-state index contributed by atoms with van der Waals surface area (Å²) in [7, 11) is 0. The largest absolute Gasteiger partial charge is 0.493 e. The first-order valence-corrected chi connectivity index (χ1v) is 6.95. The Morgan fingerprint density at radius 1 is 1.29 bits per heavy atom. The number of nitrogens with zero attached hydrogens (tertiary/aromatic N) is 1. The van der Waals surface area contributed by atoms with Crippen molar-refractivity contribution in [2.75, 3.05) is 11.9 Å². The van der Waals surface area contributed by atoms with Crippen molar-refractivity contribution in [3.8, 4) is 5.75 Å². The average Bonchev–Trinajstić information content (AvgIpc) is 2.50. The van der Waals surface area contributed by atoms with E-state index in [2.05, 4.69) is 15.6 Å². The van der Waals surface area contributed by atoms with Crippen molar-refractivity contribution in [1.29, 1.82) is 0 Å². The molecule has 0 saturated carbocycles. The number of aryl methyl sites for hydroxylation is 1. The van der Waals surface area contributed by atoms with Crippen LogP contribution in [0, 0.1) is 6.92 Å². The summed E-state index contributed by atoms with van der Waals surface area (Å²) in [5.74, 6) is 1.42. The molecule has 0 radical (unpaired) electrons. The highest BCUT2D eigenvalue weighted by atomic mass is 16.5. The fraction of sp³-hybridized carbons (Fsp3) is 0.250. The Hall–Kier alpha value is -2.56. The summed E-state index contributed by atoms with van der Waals surface area (Å²) in [5.41, 5.74) is 1.94. The first-order valence-electron chi connectivity index (χ1n) is 6.95. The van der Waals surface area contributed by atoms with E-state index in [0.29, 0.717) is 12.4 Å². The fourth-order valence-corrected chi connectivity index (χ4v) is 2.41. The Balaban J connectivity index is 1.70. The van der Waals surface area contributed by atoms with Crippen LogP contribution in [-0.2, 0) is 0 Å². The van der Waals surface area contributed by atoms with Gasteiger partial charge in [-0.05, 0) is 24.6 Å². The van der Waals surface area contributed by atoms with Gasteiger partial charge in [0.25, 0.3) is 0 Å². The molecule has 0 unspecified atom stereocenters. The first-order chi connectivity index (χ1) is 10.2.